The Morgan fingerprint density at radius 1 is 0.750 bits per heavy atom. The van der Waals surface area contributed by atoms with Crippen molar-refractivity contribution in [3.05, 3.63) is 67.7 Å². The second-order valence-corrected chi connectivity index (χ2v) is 7.39. The van der Waals surface area contributed by atoms with Gasteiger partial charge in [0.15, 0.2) is 5.78 Å². The Kier molecular flexibility index (Phi) is 7.17. The number of hydrogen-bond donors (Lipinski definition) is 0. The van der Waals surface area contributed by atoms with E-state index in [1.807, 2.05) is 0 Å². The standard InChI is InChI=1S/C17H8Br2Cl2F6O/c18-5-7-1-3-9(16(22,23)24)11(13(7)20)15(28)12-10(17(25,26)27)4-2-8(6-19)14(12)21/h1-4H,5-6H2. The predicted octanol–water partition coefficient (Wildman–Crippen LogP) is 8.05. The van der Waals surface area contributed by atoms with Gasteiger partial charge in [-0.15, -0.1) is 0 Å². The van der Waals surface area contributed by atoms with Crippen molar-refractivity contribution in [3.63, 3.8) is 0 Å². The maximum Gasteiger partial charge on any atom is 0.417 e. The maximum atomic E-state index is 13.4. The summed E-state index contributed by atoms with van der Waals surface area (Å²) in [5.74, 6) is -1.56. The minimum Gasteiger partial charge on any atom is -0.288 e. The molecule has 2 aromatic rings. The molecule has 0 radical (unpaired) electrons. The van der Waals surface area contributed by atoms with Gasteiger partial charge in [0.2, 0.25) is 0 Å². The monoisotopic (exact) mass is 570 g/mol. The molecular weight excluding hydrogens is 565 g/mol. The van der Waals surface area contributed by atoms with Crippen molar-refractivity contribution in [3.8, 4) is 0 Å². The molecule has 2 rings (SSSR count). The Hall–Kier alpha value is -0.770. The molecular formula is C17H8Br2Cl2F6O. The first kappa shape index (κ1) is 23.5. The van der Waals surface area contributed by atoms with Gasteiger partial charge in [-0.2, -0.15) is 26.3 Å². The second-order valence-electron chi connectivity index (χ2n) is 5.51. The molecule has 0 spiro atoms. The third-order valence-corrected chi connectivity index (χ3v) is 5.87. The Morgan fingerprint density at radius 3 is 1.32 bits per heavy atom. The van der Waals surface area contributed by atoms with Crippen LogP contribution in [-0.4, -0.2) is 5.78 Å². The average Bonchev–Trinajstić information content (AvgIpc) is 2.58. The highest BCUT2D eigenvalue weighted by Crippen LogP contribution is 2.42. The average molecular weight is 573 g/mol. The van der Waals surface area contributed by atoms with Crippen molar-refractivity contribution in [2.24, 2.45) is 0 Å². The molecule has 0 N–H and O–H groups in total. The van der Waals surface area contributed by atoms with Gasteiger partial charge in [-0.3, -0.25) is 4.79 Å². The van der Waals surface area contributed by atoms with Crippen LogP contribution in [0.25, 0.3) is 0 Å². The van der Waals surface area contributed by atoms with E-state index in [0.29, 0.717) is 12.1 Å². The molecule has 11 heteroatoms. The molecule has 0 aliphatic rings. The molecule has 28 heavy (non-hydrogen) atoms. The van der Waals surface area contributed by atoms with Crippen molar-refractivity contribution in [2.45, 2.75) is 23.0 Å². The first-order valence-electron chi connectivity index (χ1n) is 7.28. The molecule has 0 saturated carbocycles. The molecule has 152 valence electrons. The highest BCUT2D eigenvalue weighted by molar-refractivity contribution is 9.08. The smallest absolute Gasteiger partial charge is 0.288 e. The Labute approximate surface area is 182 Å². The summed E-state index contributed by atoms with van der Waals surface area (Å²) in [6, 6.07) is 3.28. The summed E-state index contributed by atoms with van der Waals surface area (Å²) in [7, 11) is 0. The van der Waals surface area contributed by atoms with Crippen LogP contribution in [0.1, 0.15) is 38.2 Å². The van der Waals surface area contributed by atoms with E-state index in [-0.39, 0.29) is 21.8 Å². The first-order valence-corrected chi connectivity index (χ1v) is 10.3. The van der Waals surface area contributed by atoms with Gasteiger partial charge < -0.3 is 0 Å². The van der Waals surface area contributed by atoms with E-state index in [4.69, 9.17) is 23.2 Å². The van der Waals surface area contributed by atoms with Crippen LogP contribution in [0.5, 0.6) is 0 Å². The van der Waals surface area contributed by atoms with Crippen molar-refractivity contribution in [1.82, 2.24) is 0 Å². The number of ketones is 1. The van der Waals surface area contributed by atoms with E-state index < -0.39 is 50.4 Å². The van der Waals surface area contributed by atoms with Crippen LogP contribution in [0.15, 0.2) is 24.3 Å². The summed E-state index contributed by atoms with van der Waals surface area (Å²) >= 11 is 18.0. The summed E-state index contributed by atoms with van der Waals surface area (Å²) in [6.45, 7) is 0. The molecule has 0 heterocycles. The van der Waals surface area contributed by atoms with E-state index in [2.05, 4.69) is 31.9 Å². The number of halogens is 10. The SMILES string of the molecule is O=C(c1c(C(F)(F)F)ccc(CBr)c1Cl)c1c(C(F)(F)F)ccc(CBr)c1Cl. The van der Waals surface area contributed by atoms with E-state index in [9.17, 15) is 31.1 Å². The van der Waals surface area contributed by atoms with Crippen LogP contribution in [0, 0.1) is 0 Å². The molecule has 0 saturated heterocycles. The topological polar surface area (TPSA) is 17.1 Å². The largest absolute Gasteiger partial charge is 0.417 e. The zero-order valence-electron chi connectivity index (χ0n) is 13.4. The maximum absolute atomic E-state index is 13.4. The quantitative estimate of drug-likeness (QED) is 0.206. The fraction of sp³-hybridized carbons (Fsp3) is 0.235. The van der Waals surface area contributed by atoms with Crippen LogP contribution >= 0.6 is 55.1 Å². The molecule has 0 amide bonds. The third-order valence-electron chi connectivity index (χ3n) is 3.80. The van der Waals surface area contributed by atoms with Crippen LogP contribution < -0.4 is 0 Å². The normalized spacial score (nSPS) is 12.4. The van der Waals surface area contributed by atoms with Crippen molar-refractivity contribution < 1.29 is 31.1 Å². The molecule has 0 aliphatic heterocycles. The molecule has 0 fully saturated rings. The van der Waals surface area contributed by atoms with Crippen molar-refractivity contribution >= 4 is 60.8 Å². The summed E-state index contributed by atoms with van der Waals surface area (Å²) < 4.78 is 80.6. The molecule has 0 bridgehead atoms. The van der Waals surface area contributed by atoms with Crippen molar-refractivity contribution in [2.75, 3.05) is 0 Å². The highest BCUT2D eigenvalue weighted by atomic mass is 79.9. The number of rotatable bonds is 4. The zero-order chi connectivity index (χ0) is 21.4. The Balaban J connectivity index is 2.91. The van der Waals surface area contributed by atoms with E-state index in [1.165, 1.54) is 0 Å². The zero-order valence-corrected chi connectivity index (χ0v) is 18.1. The lowest BCUT2D eigenvalue weighted by Crippen LogP contribution is -2.20. The number of hydrogen-bond acceptors (Lipinski definition) is 1. The molecule has 0 atom stereocenters. The predicted molar refractivity (Wildman–Crippen MR) is 102 cm³/mol. The number of alkyl halides is 8. The van der Waals surface area contributed by atoms with E-state index >= 15 is 0 Å². The summed E-state index contributed by atoms with van der Waals surface area (Å²) in [4.78, 5) is 13.0. The van der Waals surface area contributed by atoms with Crippen LogP contribution in [-0.2, 0) is 23.0 Å². The van der Waals surface area contributed by atoms with Gasteiger partial charge in [0, 0.05) is 10.7 Å². The summed E-state index contributed by atoms with van der Waals surface area (Å²) in [5, 5.41) is -1.20. The Bertz CT molecular complexity index is 852. The molecule has 2 aromatic carbocycles. The number of carbonyl (C=O) groups is 1. The van der Waals surface area contributed by atoms with Gasteiger partial charge in [-0.05, 0) is 23.3 Å². The minimum absolute atomic E-state index is 0.00838. The fourth-order valence-corrected chi connectivity index (χ4v) is 4.38. The van der Waals surface area contributed by atoms with Gasteiger partial charge in [-0.25, -0.2) is 0 Å². The minimum atomic E-state index is -5.02. The number of benzene rings is 2. The van der Waals surface area contributed by atoms with Crippen LogP contribution in [0.3, 0.4) is 0 Å². The van der Waals surface area contributed by atoms with Gasteiger partial charge >= 0.3 is 12.4 Å². The Morgan fingerprint density at radius 2 is 1.07 bits per heavy atom. The van der Waals surface area contributed by atoms with Gasteiger partial charge in [0.1, 0.15) is 0 Å². The highest BCUT2D eigenvalue weighted by Gasteiger charge is 2.41. The van der Waals surface area contributed by atoms with E-state index in [0.717, 1.165) is 12.1 Å². The van der Waals surface area contributed by atoms with E-state index in [1.54, 1.807) is 0 Å². The van der Waals surface area contributed by atoms with Crippen LogP contribution in [0.2, 0.25) is 10.0 Å². The molecule has 0 aliphatic carbocycles. The molecule has 0 unspecified atom stereocenters. The lowest BCUT2D eigenvalue weighted by molar-refractivity contribution is -0.138. The van der Waals surface area contributed by atoms with Crippen LogP contribution in [0.4, 0.5) is 26.3 Å². The number of carbonyl (C=O) groups excluding carboxylic acids is 1. The van der Waals surface area contributed by atoms with Gasteiger partial charge in [-0.1, -0.05) is 67.2 Å². The molecule has 1 nitrogen and oxygen atoms in total. The first-order chi connectivity index (χ1) is 12.8. The summed E-state index contributed by atoms with van der Waals surface area (Å²) in [6.07, 6.45) is -10.0. The van der Waals surface area contributed by atoms with Crippen molar-refractivity contribution in [1.29, 1.82) is 0 Å². The second kappa shape index (κ2) is 8.53. The fourth-order valence-electron chi connectivity index (χ4n) is 2.49. The lowest BCUT2D eigenvalue weighted by Gasteiger charge is -2.19. The molecule has 0 aromatic heterocycles. The third kappa shape index (κ3) is 4.52. The van der Waals surface area contributed by atoms with Gasteiger partial charge in [0.05, 0.1) is 32.3 Å². The van der Waals surface area contributed by atoms with Gasteiger partial charge in [0.25, 0.3) is 0 Å². The lowest BCUT2D eigenvalue weighted by atomic mass is 9.92. The summed E-state index contributed by atoms with van der Waals surface area (Å²) in [5.41, 5.74) is -4.82.